The van der Waals surface area contributed by atoms with E-state index in [0.717, 1.165) is 25.9 Å². The third-order valence-electron chi connectivity index (χ3n) is 2.94. The van der Waals surface area contributed by atoms with E-state index >= 15 is 0 Å². The molecule has 1 aliphatic heterocycles. The van der Waals surface area contributed by atoms with Crippen molar-refractivity contribution >= 4 is 0 Å². The van der Waals surface area contributed by atoms with Crippen molar-refractivity contribution in [2.24, 2.45) is 0 Å². The molecule has 0 amide bonds. The first kappa shape index (κ1) is 14.5. The molecule has 0 aromatic carbocycles. The molecule has 2 heteroatoms. The van der Waals surface area contributed by atoms with Gasteiger partial charge in [0.25, 0.3) is 0 Å². The number of rotatable bonds is 6. The number of hydrogen-bond donors (Lipinski definition) is 0. The van der Waals surface area contributed by atoms with E-state index in [2.05, 4.69) is 32.9 Å². The van der Waals surface area contributed by atoms with Crippen molar-refractivity contribution in [3.63, 3.8) is 0 Å². The minimum atomic E-state index is 0.0329. The second kappa shape index (κ2) is 8.48. The Bertz CT molecular complexity index is 256. The smallest absolute Gasteiger partial charge is 0.157 e. The molecule has 1 saturated heterocycles. The maximum Gasteiger partial charge on any atom is 0.157 e. The third kappa shape index (κ3) is 7.35. The minimum Gasteiger partial charge on any atom is -0.353 e. The second-order valence-electron chi connectivity index (χ2n) is 5.00. The fourth-order valence-corrected chi connectivity index (χ4v) is 1.83. The van der Waals surface area contributed by atoms with Crippen LogP contribution in [0.1, 0.15) is 52.9 Å². The molecule has 0 radical (unpaired) electrons. The number of ether oxygens (including phenoxy) is 2. The lowest BCUT2D eigenvalue weighted by molar-refractivity contribution is -0.155. The van der Waals surface area contributed by atoms with E-state index in [-0.39, 0.29) is 6.29 Å². The molecule has 0 aromatic rings. The molecule has 0 spiro atoms. The Morgan fingerprint density at radius 1 is 1.24 bits per heavy atom. The van der Waals surface area contributed by atoms with Gasteiger partial charge in [-0.25, -0.2) is 0 Å². The summed E-state index contributed by atoms with van der Waals surface area (Å²) in [6, 6.07) is 0. The maximum absolute atomic E-state index is 5.67. The van der Waals surface area contributed by atoms with Crippen LogP contribution in [0.15, 0.2) is 23.3 Å². The van der Waals surface area contributed by atoms with Gasteiger partial charge in [-0.15, -0.1) is 0 Å². The second-order valence-corrected chi connectivity index (χ2v) is 5.00. The first-order valence-corrected chi connectivity index (χ1v) is 6.70. The van der Waals surface area contributed by atoms with Gasteiger partial charge in [0.15, 0.2) is 6.29 Å². The van der Waals surface area contributed by atoms with Crippen molar-refractivity contribution in [2.75, 3.05) is 13.2 Å². The van der Waals surface area contributed by atoms with Crippen LogP contribution in [-0.4, -0.2) is 19.5 Å². The molecule has 0 aliphatic carbocycles. The summed E-state index contributed by atoms with van der Waals surface area (Å²) in [7, 11) is 0. The Kier molecular flexibility index (Phi) is 7.22. The molecule has 1 atom stereocenters. The Morgan fingerprint density at radius 3 is 2.71 bits per heavy atom. The summed E-state index contributed by atoms with van der Waals surface area (Å²) >= 11 is 0. The summed E-state index contributed by atoms with van der Waals surface area (Å²) in [6.07, 6.45) is 10.2. The molecule has 0 aromatic heterocycles. The molecule has 0 saturated carbocycles. The largest absolute Gasteiger partial charge is 0.353 e. The average molecular weight is 238 g/mol. The van der Waals surface area contributed by atoms with E-state index in [1.165, 1.54) is 24.0 Å². The molecule has 0 unspecified atom stereocenters. The van der Waals surface area contributed by atoms with Gasteiger partial charge in [-0.3, -0.25) is 0 Å². The quantitative estimate of drug-likeness (QED) is 0.645. The van der Waals surface area contributed by atoms with Gasteiger partial charge in [-0.1, -0.05) is 23.3 Å². The van der Waals surface area contributed by atoms with Crippen molar-refractivity contribution < 1.29 is 9.47 Å². The Hall–Kier alpha value is -0.600. The van der Waals surface area contributed by atoms with Crippen molar-refractivity contribution in [1.82, 2.24) is 0 Å². The molecule has 1 aliphatic rings. The van der Waals surface area contributed by atoms with Crippen molar-refractivity contribution in [3.8, 4) is 0 Å². The summed E-state index contributed by atoms with van der Waals surface area (Å²) in [5.41, 5.74) is 2.79. The van der Waals surface area contributed by atoms with E-state index in [0.29, 0.717) is 6.61 Å². The predicted molar refractivity (Wildman–Crippen MR) is 72.0 cm³/mol. The molecular weight excluding hydrogens is 212 g/mol. The highest BCUT2D eigenvalue weighted by atomic mass is 16.7. The van der Waals surface area contributed by atoms with Crippen LogP contribution >= 0.6 is 0 Å². The molecule has 2 nitrogen and oxygen atoms in total. The zero-order valence-electron chi connectivity index (χ0n) is 11.5. The van der Waals surface area contributed by atoms with E-state index in [4.69, 9.17) is 9.47 Å². The lowest BCUT2D eigenvalue weighted by atomic mass is 10.1. The van der Waals surface area contributed by atoms with Gasteiger partial charge >= 0.3 is 0 Å². The molecule has 1 heterocycles. The van der Waals surface area contributed by atoms with Crippen LogP contribution in [0.5, 0.6) is 0 Å². The van der Waals surface area contributed by atoms with Crippen LogP contribution in [0.25, 0.3) is 0 Å². The predicted octanol–water partition coefficient (Wildman–Crippen LogP) is 4.22. The van der Waals surface area contributed by atoms with Crippen LogP contribution in [0.4, 0.5) is 0 Å². The Balaban J connectivity index is 2.12. The van der Waals surface area contributed by atoms with E-state index in [9.17, 15) is 0 Å². The fourth-order valence-electron chi connectivity index (χ4n) is 1.83. The average Bonchev–Trinajstić information content (AvgIpc) is 2.30. The van der Waals surface area contributed by atoms with Gasteiger partial charge in [0.2, 0.25) is 0 Å². The van der Waals surface area contributed by atoms with Crippen molar-refractivity contribution in [1.29, 1.82) is 0 Å². The SMILES string of the molecule is CC(C)=CCC/C(C)=C/CO[C@H]1CCCCO1. The lowest BCUT2D eigenvalue weighted by Crippen LogP contribution is -2.22. The zero-order chi connectivity index (χ0) is 12.5. The summed E-state index contributed by atoms with van der Waals surface area (Å²) < 4.78 is 11.2. The number of hydrogen-bond acceptors (Lipinski definition) is 2. The highest BCUT2D eigenvalue weighted by Gasteiger charge is 2.12. The highest BCUT2D eigenvalue weighted by Crippen LogP contribution is 2.14. The Labute approximate surface area is 106 Å². The van der Waals surface area contributed by atoms with Gasteiger partial charge in [-0.05, 0) is 52.9 Å². The summed E-state index contributed by atoms with van der Waals surface area (Å²) in [4.78, 5) is 0. The first-order valence-electron chi connectivity index (χ1n) is 6.70. The molecule has 1 fully saturated rings. The summed E-state index contributed by atoms with van der Waals surface area (Å²) in [6.45, 7) is 7.99. The van der Waals surface area contributed by atoms with E-state index in [1.54, 1.807) is 0 Å². The highest BCUT2D eigenvalue weighted by molar-refractivity contribution is 5.02. The normalized spacial score (nSPS) is 21.4. The van der Waals surface area contributed by atoms with Gasteiger partial charge < -0.3 is 9.47 Å². The minimum absolute atomic E-state index is 0.0329. The van der Waals surface area contributed by atoms with E-state index < -0.39 is 0 Å². The van der Waals surface area contributed by atoms with Gasteiger partial charge in [0.05, 0.1) is 6.61 Å². The van der Waals surface area contributed by atoms with Gasteiger partial charge in [0.1, 0.15) is 0 Å². The van der Waals surface area contributed by atoms with E-state index in [1.807, 2.05) is 0 Å². The summed E-state index contributed by atoms with van der Waals surface area (Å²) in [5.74, 6) is 0. The van der Waals surface area contributed by atoms with Crippen LogP contribution < -0.4 is 0 Å². The molecule has 0 N–H and O–H groups in total. The third-order valence-corrected chi connectivity index (χ3v) is 2.94. The fraction of sp³-hybridized carbons (Fsp3) is 0.733. The van der Waals surface area contributed by atoms with Gasteiger partial charge in [0, 0.05) is 6.61 Å². The molecule has 17 heavy (non-hydrogen) atoms. The topological polar surface area (TPSA) is 18.5 Å². The van der Waals surface area contributed by atoms with Crippen LogP contribution in [0.3, 0.4) is 0 Å². The standard InChI is InChI=1S/C15H26O2/c1-13(2)7-6-8-14(3)10-12-17-15-9-4-5-11-16-15/h7,10,15H,4-6,8-9,11-12H2,1-3H3/b14-10+/t15-/m0/s1. The van der Waals surface area contributed by atoms with Crippen molar-refractivity contribution in [2.45, 2.75) is 59.2 Å². The molecule has 0 bridgehead atoms. The molecule has 98 valence electrons. The van der Waals surface area contributed by atoms with Crippen LogP contribution in [0, 0.1) is 0 Å². The summed E-state index contributed by atoms with van der Waals surface area (Å²) in [5, 5.41) is 0. The lowest BCUT2D eigenvalue weighted by Gasteiger charge is -2.22. The monoisotopic (exact) mass is 238 g/mol. The molecule has 1 rings (SSSR count). The zero-order valence-corrected chi connectivity index (χ0v) is 11.5. The number of allylic oxidation sites excluding steroid dienone is 3. The maximum atomic E-state index is 5.67. The van der Waals surface area contributed by atoms with Crippen molar-refractivity contribution in [3.05, 3.63) is 23.3 Å². The molecular formula is C15H26O2. The Morgan fingerprint density at radius 2 is 2.06 bits per heavy atom. The van der Waals surface area contributed by atoms with Crippen LogP contribution in [0.2, 0.25) is 0 Å². The first-order chi connectivity index (χ1) is 8.18. The van der Waals surface area contributed by atoms with Gasteiger partial charge in [-0.2, -0.15) is 0 Å². The van der Waals surface area contributed by atoms with Crippen LogP contribution in [-0.2, 0) is 9.47 Å².